The highest BCUT2D eigenvalue weighted by Crippen LogP contribution is 2.30. The Bertz CT molecular complexity index is 1070. The molecule has 5 nitrogen and oxygen atoms in total. The van der Waals surface area contributed by atoms with E-state index in [1.807, 2.05) is 50.2 Å². The number of para-hydroxylation sites is 2. The van der Waals surface area contributed by atoms with Crippen molar-refractivity contribution in [3.63, 3.8) is 0 Å². The fraction of sp³-hybridized carbons (Fsp3) is 0.217. The van der Waals surface area contributed by atoms with Crippen molar-refractivity contribution in [3.8, 4) is 11.4 Å². The molecule has 0 unspecified atom stereocenters. The summed E-state index contributed by atoms with van der Waals surface area (Å²) in [4.78, 5) is 12.1. The zero-order chi connectivity index (χ0) is 21.0. The Balaban J connectivity index is 1.71. The molecule has 0 saturated carbocycles. The van der Waals surface area contributed by atoms with E-state index >= 15 is 0 Å². The average Bonchev–Trinajstić information content (AvgIpc) is 2.91. The molecule has 6 heteroatoms. The van der Waals surface area contributed by atoms with Gasteiger partial charge in [-0.2, -0.15) is 5.10 Å². The summed E-state index contributed by atoms with van der Waals surface area (Å²) in [5.74, 6) is 0.379. The van der Waals surface area contributed by atoms with Gasteiger partial charge in [0.1, 0.15) is 5.75 Å². The van der Waals surface area contributed by atoms with Crippen LogP contribution in [0.15, 0.2) is 58.1 Å². The van der Waals surface area contributed by atoms with Crippen LogP contribution < -0.4 is 10.2 Å². The van der Waals surface area contributed by atoms with Gasteiger partial charge in [-0.3, -0.25) is 4.79 Å². The standard InChI is InChI=1S/C23H24BrN3O2/c1-15-9-5-7-11-20(15)27-17(3)19(23(24)18(27)4)13-25-26-22(28)14-29-21-12-8-6-10-16(21)2/h5-13H,14H2,1-4H3,(H,26,28)/b25-13-. The van der Waals surface area contributed by atoms with Gasteiger partial charge < -0.3 is 9.30 Å². The summed E-state index contributed by atoms with van der Waals surface area (Å²) >= 11 is 3.66. The van der Waals surface area contributed by atoms with E-state index < -0.39 is 0 Å². The molecule has 1 N–H and O–H groups in total. The number of carbonyl (C=O) groups excluding carboxylic acids is 1. The van der Waals surface area contributed by atoms with E-state index in [2.05, 4.69) is 57.0 Å². The van der Waals surface area contributed by atoms with Gasteiger partial charge in [-0.1, -0.05) is 36.4 Å². The fourth-order valence-corrected chi connectivity index (χ4v) is 3.78. The van der Waals surface area contributed by atoms with Gasteiger partial charge in [0.05, 0.1) is 6.21 Å². The lowest BCUT2D eigenvalue weighted by atomic mass is 10.2. The molecule has 1 heterocycles. The highest BCUT2D eigenvalue weighted by Gasteiger charge is 2.16. The molecule has 0 saturated heterocycles. The van der Waals surface area contributed by atoms with E-state index in [0.717, 1.165) is 32.7 Å². The Kier molecular flexibility index (Phi) is 6.54. The minimum atomic E-state index is -0.312. The van der Waals surface area contributed by atoms with Crippen molar-refractivity contribution in [3.05, 3.63) is 81.1 Å². The van der Waals surface area contributed by atoms with Crippen LogP contribution in [0.25, 0.3) is 5.69 Å². The fourth-order valence-electron chi connectivity index (χ4n) is 3.21. The van der Waals surface area contributed by atoms with Crippen molar-refractivity contribution in [1.82, 2.24) is 9.99 Å². The minimum absolute atomic E-state index is 0.0917. The molecule has 0 aliphatic rings. The minimum Gasteiger partial charge on any atom is -0.483 e. The quantitative estimate of drug-likeness (QED) is 0.421. The van der Waals surface area contributed by atoms with Gasteiger partial charge in [0.25, 0.3) is 5.91 Å². The van der Waals surface area contributed by atoms with Gasteiger partial charge in [0.2, 0.25) is 0 Å². The Morgan fingerprint density at radius 1 is 1.03 bits per heavy atom. The van der Waals surface area contributed by atoms with Crippen LogP contribution in [0.3, 0.4) is 0 Å². The predicted molar refractivity (Wildman–Crippen MR) is 120 cm³/mol. The Labute approximate surface area is 179 Å². The Morgan fingerprint density at radius 3 is 2.38 bits per heavy atom. The molecule has 0 atom stereocenters. The third-order valence-electron chi connectivity index (χ3n) is 4.81. The van der Waals surface area contributed by atoms with Crippen molar-refractivity contribution in [2.45, 2.75) is 27.7 Å². The predicted octanol–water partition coefficient (Wildman–Crippen LogP) is 5.00. The molecular formula is C23H24BrN3O2. The molecule has 0 radical (unpaired) electrons. The first-order valence-corrected chi connectivity index (χ1v) is 10.1. The second kappa shape index (κ2) is 9.09. The molecule has 3 rings (SSSR count). The summed E-state index contributed by atoms with van der Waals surface area (Å²) in [6.07, 6.45) is 1.66. The molecule has 0 aliphatic carbocycles. The first-order chi connectivity index (χ1) is 13.9. The van der Waals surface area contributed by atoms with Crippen LogP contribution in [0.5, 0.6) is 5.75 Å². The van der Waals surface area contributed by atoms with Gasteiger partial charge in [-0.15, -0.1) is 0 Å². The maximum Gasteiger partial charge on any atom is 0.277 e. The van der Waals surface area contributed by atoms with Crippen molar-refractivity contribution in [2.75, 3.05) is 6.61 Å². The molecule has 0 aliphatic heterocycles. The summed E-state index contributed by atoms with van der Waals surface area (Å²) < 4.78 is 8.68. The number of aryl methyl sites for hydroxylation is 2. The summed E-state index contributed by atoms with van der Waals surface area (Å²) in [6.45, 7) is 8.02. The monoisotopic (exact) mass is 453 g/mol. The van der Waals surface area contributed by atoms with Gasteiger partial charge >= 0.3 is 0 Å². The van der Waals surface area contributed by atoms with Crippen LogP contribution in [0, 0.1) is 27.7 Å². The second-order valence-electron chi connectivity index (χ2n) is 6.87. The zero-order valence-electron chi connectivity index (χ0n) is 17.0. The molecule has 2 aromatic carbocycles. The van der Waals surface area contributed by atoms with E-state index in [1.54, 1.807) is 6.21 Å². The van der Waals surface area contributed by atoms with E-state index in [1.165, 1.54) is 5.56 Å². The lowest BCUT2D eigenvalue weighted by Gasteiger charge is -2.12. The van der Waals surface area contributed by atoms with Crippen molar-refractivity contribution in [2.24, 2.45) is 5.10 Å². The summed E-state index contributed by atoms with van der Waals surface area (Å²) in [5.41, 5.74) is 8.86. The average molecular weight is 454 g/mol. The van der Waals surface area contributed by atoms with Crippen molar-refractivity contribution < 1.29 is 9.53 Å². The van der Waals surface area contributed by atoms with E-state index in [9.17, 15) is 4.79 Å². The van der Waals surface area contributed by atoms with Gasteiger partial charge in [0, 0.05) is 27.1 Å². The summed E-state index contributed by atoms with van der Waals surface area (Å²) in [7, 11) is 0. The molecule has 0 fully saturated rings. The van der Waals surface area contributed by atoms with Crippen LogP contribution in [0.4, 0.5) is 0 Å². The van der Waals surface area contributed by atoms with Crippen LogP contribution in [0.1, 0.15) is 28.1 Å². The second-order valence-corrected chi connectivity index (χ2v) is 7.66. The Hall–Kier alpha value is -2.86. The SMILES string of the molecule is Cc1ccccc1OCC(=O)N/N=C\c1c(Br)c(C)n(-c2ccccc2C)c1C. The Morgan fingerprint density at radius 2 is 1.69 bits per heavy atom. The maximum atomic E-state index is 12.1. The molecule has 150 valence electrons. The van der Waals surface area contributed by atoms with E-state index in [0.29, 0.717) is 5.75 Å². The number of aromatic nitrogens is 1. The van der Waals surface area contributed by atoms with Gasteiger partial charge in [-0.25, -0.2) is 5.43 Å². The highest BCUT2D eigenvalue weighted by atomic mass is 79.9. The van der Waals surface area contributed by atoms with Crippen molar-refractivity contribution >= 4 is 28.1 Å². The molecule has 29 heavy (non-hydrogen) atoms. The molecular weight excluding hydrogens is 430 g/mol. The number of rotatable bonds is 6. The number of halogens is 1. The number of carbonyl (C=O) groups is 1. The third kappa shape index (κ3) is 4.59. The van der Waals surface area contributed by atoms with E-state index in [-0.39, 0.29) is 12.5 Å². The largest absolute Gasteiger partial charge is 0.483 e. The van der Waals surface area contributed by atoms with Crippen LogP contribution in [-0.4, -0.2) is 23.3 Å². The first-order valence-electron chi connectivity index (χ1n) is 9.34. The number of hydrogen-bond donors (Lipinski definition) is 1. The molecule has 1 amide bonds. The lowest BCUT2D eigenvalue weighted by molar-refractivity contribution is -0.123. The molecule has 0 spiro atoms. The summed E-state index contributed by atoms with van der Waals surface area (Å²) in [5, 5.41) is 4.12. The number of ether oxygens (including phenoxy) is 1. The number of benzene rings is 2. The van der Waals surface area contributed by atoms with Crippen molar-refractivity contribution in [1.29, 1.82) is 0 Å². The number of nitrogens with one attached hydrogen (secondary N) is 1. The smallest absolute Gasteiger partial charge is 0.277 e. The highest BCUT2D eigenvalue weighted by molar-refractivity contribution is 9.10. The van der Waals surface area contributed by atoms with Crippen LogP contribution in [-0.2, 0) is 4.79 Å². The molecule has 0 bridgehead atoms. The zero-order valence-corrected chi connectivity index (χ0v) is 18.6. The number of hydrogen-bond acceptors (Lipinski definition) is 3. The lowest BCUT2D eigenvalue weighted by Crippen LogP contribution is -2.24. The van der Waals surface area contributed by atoms with Crippen LogP contribution >= 0.6 is 15.9 Å². The van der Waals surface area contributed by atoms with Gasteiger partial charge in [-0.05, 0) is 66.9 Å². The molecule has 3 aromatic rings. The summed E-state index contributed by atoms with van der Waals surface area (Å²) in [6, 6.07) is 15.8. The van der Waals surface area contributed by atoms with Gasteiger partial charge in [0.15, 0.2) is 6.61 Å². The first kappa shape index (κ1) is 20.9. The topological polar surface area (TPSA) is 55.6 Å². The van der Waals surface area contributed by atoms with E-state index in [4.69, 9.17) is 4.74 Å². The maximum absolute atomic E-state index is 12.1. The number of hydrazone groups is 1. The normalized spacial score (nSPS) is 11.1. The number of nitrogens with zero attached hydrogens (tertiary/aromatic N) is 2. The third-order valence-corrected chi connectivity index (χ3v) is 5.81. The molecule has 1 aromatic heterocycles. The van der Waals surface area contributed by atoms with Crippen LogP contribution in [0.2, 0.25) is 0 Å². The number of amides is 1.